The fourth-order valence-corrected chi connectivity index (χ4v) is 4.85. The van der Waals surface area contributed by atoms with E-state index in [1.54, 1.807) is 29.5 Å². The topological polar surface area (TPSA) is 86.8 Å². The third kappa shape index (κ3) is 4.19. The van der Waals surface area contributed by atoms with E-state index < -0.39 is 0 Å². The minimum absolute atomic E-state index is 0.00921. The van der Waals surface area contributed by atoms with Gasteiger partial charge < -0.3 is 10.1 Å². The summed E-state index contributed by atoms with van der Waals surface area (Å²) < 4.78 is 5.82. The van der Waals surface area contributed by atoms with Crippen LogP contribution in [0.15, 0.2) is 54.9 Å². The first-order chi connectivity index (χ1) is 15.2. The van der Waals surface area contributed by atoms with Gasteiger partial charge in [-0.3, -0.25) is 19.5 Å². The van der Waals surface area contributed by atoms with Crippen LogP contribution in [0.1, 0.15) is 12.8 Å². The molecule has 0 aliphatic carbocycles. The molecule has 162 valence electrons. The number of hydrogen-bond donors (Lipinski definition) is 2. The zero-order valence-corrected chi connectivity index (χ0v) is 17.3. The van der Waals surface area contributed by atoms with Crippen molar-refractivity contribution in [3.8, 4) is 0 Å². The molecule has 3 saturated heterocycles. The molecule has 4 unspecified atom stereocenters. The summed E-state index contributed by atoms with van der Waals surface area (Å²) in [4.78, 5) is 32.8. The fourth-order valence-electron chi connectivity index (χ4n) is 4.85. The summed E-state index contributed by atoms with van der Waals surface area (Å²) in [6, 6.07) is 12.8. The molecule has 3 fully saturated rings. The summed E-state index contributed by atoms with van der Waals surface area (Å²) in [5.41, 5.74) is 4.84. The SMILES string of the molecule is O=C(Nc1ccncc1)C1CN(CC2CCCO2)CC2C(=O)N(c3ccccc3)NC12. The normalized spacial score (nSPS) is 28.5. The number of anilines is 2. The number of piperidine rings is 1. The van der Waals surface area contributed by atoms with Gasteiger partial charge in [0.2, 0.25) is 11.8 Å². The molecular formula is C23H27N5O3. The second-order valence-corrected chi connectivity index (χ2v) is 8.46. The number of fused-ring (bicyclic) bond motifs is 1. The number of carbonyl (C=O) groups excluding carboxylic acids is 2. The molecule has 3 aliphatic heterocycles. The third-order valence-electron chi connectivity index (χ3n) is 6.38. The first kappa shape index (κ1) is 20.1. The maximum atomic E-state index is 13.3. The van der Waals surface area contributed by atoms with Crippen LogP contribution in [0.25, 0.3) is 0 Å². The predicted octanol–water partition coefficient (Wildman–Crippen LogP) is 1.67. The molecule has 8 heteroatoms. The number of benzene rings is 1. The van der Waals surface area contributed by atoms with Gasteiger partial charge in [-0.1, -0.05) is 18.2 Å². The van der Waals surface area contributed by atoms with E-state index in [0.717, 1.165) is 31.7 Å². The number of hydrogen-bond acceptors (Lipinski definition) is 6. The van der Waals surface area contributed by atoms with Crippen LogP contribution in [0.4, 0.5) is 11.4 Å². The van der Waals surface area contributed by atoms with E-state index in [1.165, 1.54) is 0 Å². The molecule has 31 heavy (non-hydrogen) atoms. The van der Waals surface area contributed by atoms with E-state index in [-0.39, 0.29) is 35.8 Å². The molecule has 0 bridgehead atoms. The number of nitrogens with one attached hydrogen (secondary N) is 2. The number of carbonyl (C=O) groups is 2. The first-order valence-electron chi connectivity index (χ1n) is 10.9. The van der Waals surface area contributed by atoms with Crippen LogP contribution in [0, 0.1) is 11.8 Å². The number of hydrazine groups is 1. The van der Waals surface area contributed by atoms with Crippen LogP contribution in [0.3, 0.4) is 0 Å². The number of nitrogens with zero attached hydrogens (tertiary/aromatic N) is 3. The summed E-state index contributed by atoms with van der Waals surface area (Å²) in [6.07, 6.45) is 5.57. The van der Waals surface area contributed by atoms with Crippen molar-refractivity contribution < 1.29 is 14.3 Å². The number of aromatic nitrogens is 1. The largest absolute Gasteiger partial charge is 0.377 e. The molecule has 0 spiro atoms. The molecule has 5 rings (SSSR count). The van der Waals surface area contributed by atoms with Crippen LogP contribution >= 0.6 is 0 Å². The van der Waals surface area contributed by atoms with E-state index in [4.69, 9.17) is 4.74 Å². The van der Waals surface area contributed by atoms with Crippen LogP contribution in [0.5, 0.6) is 0 Å². The van der Waals surface area contributed by atoms with Crippen molar-refractivity contribution in [3.63, 3.8) is 0 Å². The van der Waals surface area contributed by atoms with E-state index in [1.807, 2.05) is 30.3 Å². The zero-order valence-electron chi connectivity index (χ0n) is 17.3. The molecule has 2 amide bonds. The molecule has 4 atom stereocenters. The fraction of sp³-hybridized carbons (Fsp3) is 0.435. The van der Waals surface area contributed by atoms with E-state index in [2.05, 4.69) is 20.6 Å². The van der Waals surface area contributed by atoms with Crippen molar-refractivity contribution in [3.05, 3.63) is 54.9 Å². The minimum atomic E-state index is -0.369. The van der Waals surface area contributed by atoms with Gasteiger partial charge in [-0.2, -0.15) is 0 Å². The molecule has 2 N–H and O–H groups in total. The number of likely N-dealkylation sites (tertiary alicyclic amines) is 1. The van der Waals surface area contributed by atoms with Gasteiger partial charge in [0.15, 0.2) is 0 Å². The number of amides is 2. The average Bonchev–Trinajstić information content (AvgIpc) is 3.43. The smallest absolute Gasteiger partial charge is 0.247 e. The Kier molecular flexibility index (Phi) is 5.67. The van der Waals surface area contributed by atoms with Crippen LogP contribution in [0.2, 0.25) is 0 Å². The lowest BCUT2D eigenvalue weighted by Gasteiger charge is -2.39. The van der Waals surface area contributed by atoms with Gasteiger partial charge in [0.05, 0.1) is 29.7 Å². The molecule has 4 heterocycles. The van der Waals surface area contributed by atoms with Gasteiger partial charge in [0.1, 0.15) is 0 Å². The Morgan fingerprint density at radius 3 is 2.71 bits per heavy atom. The Balaban J connectivity index is 1.38. The predicted molar refractivity (Wildman–Crippen MR) is 116 cm³/mol. The van der Waals surface area contributed by atoms with Crippen molar-refractivity contribution in [1.29, 1.82) is 0 Å². The Hall–Kier alpha value is -2.81. The number of pyridine rings is 1. The van der Waals surface area contributed by atoms with Gasteiger partial charge >= 0.3 is 0 Å². The maximum Gasteiger partial charge on any atom is 0.247 e. The highest BCUT2D eigenvalue weighted by Gasteiger charge is 2.51. The number of ether oxygens (including phenoxy) is 1. The van der Waals surface area contributed by atoms with Gasteiger partial charge in [0, 0.05) is 44.3 Å². The Bertz CT molecular complexity index is 919. The monoisotopic (exact) mass is 421 g/mol. The molecule has 8 nitrogen and oxygen atoms in total. The quantitative estimate of drug-likeness (QED) is 0.764. The summed E-state index contributed by atoms with van der Waals surface area (Å²) in [6.45, 7) is 2.75. The maximum absolute atomic E-state index is 13.3. The Labute approximate surface area is 181 Å². The van der Waals surface area contributed by atoms with Gasteiger partial charge in [-0.05, 0) is 37.1 Å². The van der Waals surface area contributed by atoms with Crippen molar-refractivity contribution in [2.45, 2.75) is 25.0 Å². The summed E-state index contributed by atoms with van der Waals surface area (Å²) in [7, 11) is 0. The molecule has 0 saturated carbocycles. The van der Waals surface area contributed by atoms with Crippen molar-refractivity contribution >= 4 is 23.2 Å². The van der Waals surface area contributed by atoms with Crippen molar-refractivity contribution in [2.75, 3.05) is 36.6 Å². The van der Waals surface area contributed by atoms with E-state index in [0.29, 0.717) is 18.8 Å². The molecule has 3 aliphatic rings. The number of rotatable bonds is 5. The summed E-state index contributed by atoms with van der Waals surface area (Å²) >= 11 is 0. The highest BCUT2D eigenvalue weighted by atomic mass is 16.5. The molecule has 2 aromatic rings. The van der Waals surface area contributed by atoms with E-state index >= 15 is 0 Å². The minimum Gasteiger partial charge on any atom is -0.377 e. The van der Waals surface area contributed by atoms with Crippen LogP contribution in [-0.4, -0.2) is 60.1 Å². The van der Waals surface area contributed by atoms with Crippen LogP contribution in [-0.2, 0) is 14.3 Å². The molecule has 1 aromatic heterocycles. The van der Waals surface area contributed by atoms with Gasteiger partial charge in [0.25, 0.3) is 0 Å². The second kappa shape index (κ2) is 8.74. The lowest BCUT2D eigenvalue weighted by Crippen LogP contribution is -2.57. The standard InChI is InChI=1S/C23H27N5O3/c29-22(25-16-8-10-24-11-9-16)19-14-27(13-18-7-4-12-31-18)15-20-21(19)26-28(23(20)30)17-5-2-1-3-6-17/h1-3,5-6,8-11,18-21,26H,4,7,12-15H2,(H,24,25,29). The molecule has 1 aromatic carbocycles. The van der Waals surface area contributed by atoms with Crippen LogP contribution < -0.4 is 15.8 Å². The Morgan fingerprint density at radius 1 is 1.16 bits per heavy atom. The zero-order chi connectivity index (χ0) is 21.2. The molecule has 0 radical (unpaired) electrons. The second-order valence-electron chi connectivity index (χ2n) is 8.46. The van der Waals surface area contributed by atoms with Gasteiger partial charge in [-0.25, -0.2) is 10.4 Å². The lowest BCUT2D eigenvalue weighted by atomic mass is 9.83. The van der Waals surface area contributed by atoms with Crippen molar-refractivity contribution in [1.82, 2.24) is 15.3 Å². The van der Waals surface area contributed by atoms with Crippen molar-refractivity contribution in [2.24, 2.45) is 11.8 Å². The lowest BCUT2D eigenvalue weighted by molar-refractivity contribution is -0.126. The Morgan fingerprint density at radius 2 is 1.97 bits per heavy atom. The number of para-hydroxylation sites is 1. The summed E-state index contributed by atoms with van der Waals surface area (Å²) in [5.74, 6) is -0.738. The molecular weight excluding hydrogens is 394 g/mol. The first-order valence-corrected chi connectivity index (χ1v) is 10.9. The summed E-state index contributed by atoms with van der Waals surface area (Å²) in [5, 5.41) is 4.61. The highest BCUT2D eigenvalue weighted by Crippen LogP contribution is 2.33. The highest BCUT2D eigenvalue weighted by molar-refractivity contribution is 5.99. The third-order valence-corrected chi connectivity index (χ3v) is 6.38. The van der Waals surface area contributed by atoms with E-state index in [9.17, 15) is 9.59 Å². The van der Waals surface area contributed by atoms with Gasteiger partial charge in [-0.15, -0.1) is 0 Å². The average molecular weight is 422 g/mol.